The molecular weight excluding hydrogens is 498 g/mol. The van der Waals surface area contributed by atoms with Crippen molar-refractivity contribution < 1.29 is 61.9 Å². The van der Waals surface area contributed by atoms with Gasteiger partial charge in [-0.3, -0.25) is 19.2 Å². The van der Waals surface area contributed by atoms with E-state index in [-0.39, 0.29) is 0 Å². The van der Waals surface area contributed by atoms with E-state index in [9.17, 15) is 28.8 Å². The van der Waals surface area contributed by atoms with Gasteiger partial charge in [0.1, 0.15) is 24.4 Å². The lowest BCUT2D eigenvalue weighted by Gasteiger charge is -2.41. The van der Waals surface area contributed by atoms with Crippen LogP contribution in [-0.2, 0) is 57.1 Å². The summed E-state index contributed by atoms with van der Waals surface area (Å²) in [5.74, 6) is -4.66. The monoisotopic (exact) mass is 531 g/mol. The summed E-state index contributed by atoms with van der Waals surface area (Å²) in [5.41, 5.74) is -0.927. The number of ether oxygens (including phenoxy) is 7. The van der Waals surface area contributed by atoms with E-state index in [1.807, 2.05) is 0 Å². The van der Waals surface area contributed by atoms with E-state index in [0.29, 0.717) is 0 Å². The van der Waals surface area contributed by atoms with Crippen molar-refractivity contribution in [2.45, 2.75) is 84.5 Å². The fraction of sp³-hybridized carbons (Fsp3) is 0.652. The van der Waals surface area contributed by atoms with E-state index in [4.69, 9.17) is 33.2 Å². The van der Waals surface area contributed by atoms with E-state index in [1.54, 1.807) is 20.8 Å². The number of hydrogen-bond donors (Lipinski definition) is 1. The molecule has 14 heteroatoms. The standard InChI is InChI=1S/C23H33NO13/c1-11(25)32-10-17(34-13(3)27)19(35-14(4)28)20-18(24-22(30)37-23(5,6)7)15(33-12(2)26)9-16(36-20)21(29)31-8/h9,15,17-20H,10H2,1-8H3,(H,24,30)/t15-,17+,18+,19+,20?/m0/s1. The van der Waals surface area contributed by atoms with Gasteiger partial charge in [-0.2, -0.15) is 0 Å². The van der Waals surface area contributed by atoms with Crippen LogP contribution in [-0.4, -0.2) is 85.7 Å². The minimum absolute atomic E-state index is 0.452. The Bertz CT molecular complexity index is 920. The second-order valence-electron chi connectivity index (χ2n) is 8.88. The number of amides is 1. The molecule has 1 N–H and O–H groups in total. The van der Waals surface area contributed by atoms with Crippen molar-refractivity contribution >= 4 is 35.9 Å². The van der Waals surface area contributed by atoms with Crippen LogP contribution < -0.4 is 5.32 Å². The predicted octanol–water partition coefficient (Wildman–Crippen LogP) is 0.694. The van der Waals surface area contributed by atoms with Crippen LogP contribution in [0.5, 0.6) is 0 Å². The Morgan fingerprint density at radius 2 is 1.54 bits per heavy atom. The van der Waals surface area contributed by atoms with Crippen LogP contribution >= 0.6 is 0 Å². The van der Waals surface area contributed by atoms with Crippen LogP contribution in [0, 0.1) is 0 Å². The highest BCUT2D eigenvalue weighted by Gasteiger charge is 2.49. The molecule has 37 heavy (non-hydrogen) atoms. The molecule has 0 saturated heterocycles. The van der Waals surface area contributed by atoms with Crippen LogP contribution in [0.4, 0.5) is 4.79 Å². The summed E-state index contributed by atoms with van der Waals surface area (Å²) in [5, 5.41) is 2.49. The highest BCUT2D eigenvalue weighted by Crippen LogP contribution is 2.28. The van der Waals surface area contributed by atoms with E-state index >= 15 is 0 Å². The van der Waals surface area contributed by atoms with Crippen molar-refractivity contribution in [3.05, 3.63) is 11.8 Å². The second kappa shape index (κ2) is 13.5. The molecule has 0 fully saturated rings. The summed E-state index contributed by atoms with van der Waals surface area (Å²) in [7, 11) is 1.07. The zero-order valence-corrected chi connectivity index (χ0v) is 22.0. The number of methoxy groups -OCH3 is 1. The summed E-state index contributed by atoms with van der Waals surface area (Å²) in [6.45, 7) is 8.54. The molecule has 0 aromatic heterocycles. The molecule has 1 unspecified atom stereocenters. The highest BCUT2D eigenvalue weighted by molar-refractivity contribution is 5.86. The highest BCUT2D eigenvalue weighted by atomic mass is 16.6. The number of hydrogen-bond acceptors (Lipinski definition) is 13. The molecule has 0 saturated carbocycles. The van der Waals surface area contributed by atoms with Crippen LogP contribution in [0.3, 0.4) is 0 Å². The lowest BCUT2D eigenvalue weighted by molar-refractivity contribution is -0.191. The molecule has 208 valence electrons. The molecule has 14 nitrogen and oxygen atoms in total. The van der Waals surface area contributed by atoms with Crippen molar-refractivity contribution in [1.29, 1.82) is 0 Å². The Hall–Kier alpha value is -3.84. The van der Waals surface area contributed by atoms with E-state index < -0.39 is 84.4 Å². The first-order valence-electron chi connectivity index (χ1n) is 11.1. The van der Waals surface area contributed by atoms with Gasteiger partial charge in [0.15, 0.2) is 18.3 Å². The number of carbonyl (C=O) groups excluding carboxylic acids is 6. The second-order valence-corrected chi connectivity index (χ2v) is 8.88. The number of rotatable bonds is 9. The minimum Gasteiger partial charge on any atom is -0.477 e. The summed E-state index contributed by atoms with van der Waals surface area (Å²) >= 11 is 0. The fourth-order valence-corrected chi connectivity index (χ4v) is 3.25. The Labute approximate surface area is 213 Å². The van der Waals surface area contributed by atoms with Gasteiger partial charge in [-0.1, -0.05) is 0 Å². The number of alkyl carbamates (subject to hydrolysis) is 1. The third-order valence-corrected chi connectivity index (χ3v) is 4.42. The van der Waals surface area contributed by atoms with Gasteiger partial charge in [0, 0.05) is 33.8 Å². The van der Waals surface area contributed by atoms with Crippen molar-refractivity contribution in [3.8, 4) is 0 Å². The molecule has 0 spiro atoms. The van der Waals surface area contributed by atoms with Gasteiger partial charge in [0.2, 0.25) is 5.76 Å². The molecule has 0 aliphatic carbocycles. The lowest BCUT2D eigenvalue weighted by Crippen LogP contribution is -2.62. The SMILES string of the molecule is COC(=O)C1=C[C@H](OC(C)=O)[C@@H](NC(=O)OC(C)(C)C)C([C@H](OC(C)=O)[C@@H](COC(C)=O)OC(C)=O)O1. The topological polar surface area (TPSA) is 179 Å². The van der Waals surface area contributed by atoms with Crippen LogP contribution in [0.2, 0.25) is 0 Å². The van der Waals surface area contributed by atoms with E-state index in [2.05, 4.69) is 5.32 Å². The molecule has 0 aromatic rings. The van der Waals surface area contributed by atoms with Crippen LogP contribution in [0.25, 0.3) is 0 Å². The average molecular weight is 532 g/mol. The summed E-state index contributed by atoms with van der Waals surface area (Å²) < 4.78 is 36.6. The van der Waals surface area contributed by atoms with Crippen molar-refractivity contribution in [2.24, 2.45) is 0 Å². The zero-order valence-electron chi connectivity index (χ0n) is 22.0. The maximum atomic E-state index is 12.7. The van der Waals surface area contributed by atoms with Gasteiger partial charge < -0.3 is 38.5 Å². The van der Waals surface area contributed by atoms with Crippen molar-refractivity contribution in [2.75, 3.05) is 13.7 Å². The first kappa shape index (κ1) is 31.2. The van der Waals surface area contributed by atoms with Gasteiger partial charge in [0.25, 0.3) is 0 Å². The van der Waals surface area contributed by atoms with Gasteiger partial charge in [-0.05, 0) is 20.8 Å². The Morgan fingerprint density at radius 1 is 0.946 bits per heavy atom. The average Bonchev–Trinajstić information content (AvgIpc) is 2.73. The largest absolute Gasteiger partial charge is 0.477 e. The Balaban J connectivity index is 3.67. The summed E-state index contributed by atoms with van der Waals surface area (Å²) in [6.07, 6.45) is -5.84. The van der Waals surface area contributed by atoms with Crippen LogP contribution in [0.15, 0.2) is 11.8 Å². The predicted molar refractivity (Wildman–Crippen MR) is 121 cm³/mol. The number of esters is 5. The molecular formula is C23H33NO13. The molecule has 1 aliphatic heterocycles. The number of nitrogens with one attached hydrogen (secondary N) is 1. The first-order chi connectivity index (χ1) is 17.0. The third kappa shape index (κ3) is 10.8. The van der Waals surface area contributed by atoms with E-state index in [1.165, 1.54) is 0 Å². The summed E-state index contributed by atoms with van der Waals surface area (Å²) in [6, 6.07) is -1.35. The minimum atomic E-state index is -1.59. The molecule has 1 amide bonds. The Kier molecular flexibility index (Phi) is 11.3. The molecule has 5 atom stereocenters. The first-order valence-corrected chi connectivity index (χ1v) is 11.1. The van der Waals surface area contributed by atoms with Gasteiger partial charge in [-0.15, -0.1) is 0 Å². The molecule has 1 rings (SSSR count). The number of carbonyl (C=O) groups is 6. The quantitative estimate of drug-likeness (QED) is 0.325. The van der Waals surface area contributed by atoms with Crippen molar-refractivity contribution in [3.63, 3.8) is 0 Å². The summed E-state index contributed by atoms with van der Waals surface area (Å²) in [4.78, 5) is 72.2. The van der Waals surface area contributed by atoms with Crippen molar-refractivity contribution in [1.82, 2.24) is 5.32 Å². The van der Waals surface area contributed by atoms with Gasteiger partial charge in [0.05, 0.1) is 7.11 Å². The van der Waals surface area contributed by atoms with Gasteiger partial charge >= 0.3 is 35.9 Å². The molecule has 1 aliphatic rings. The molecule has 0 radical (unpaired) electrons. The zero-order chi connectivity index (χ0) is 28.5. The smallest absolute Gasteiger partial charge is 0.408 e. The third-order valence-electron chi connectivity index (χ3n) is 4.42. The lowest BCUT2D eigenvalue weighted by atomic mass is 9.93. The van der Waals surface area contributed by atoms with E-state index in [0.717, 1.165) is 40.9 Å². The molecule has 1 heterocycles. The van der Waals surface area contributed by atoms with Crippen LogP contribution in [0.1, 0.15) is 48.5 Å². The Morgan fingerprint density at radius 3 is 2.00 bits per heavy atom. The maximum absolute atomic E-state index is 12.7. The molecule has 0 aromatic carbocycles. The maximum Gasteiger partial charge on any atom is 0.408 e. The normalized spacial score (nSPS) is 20.5. The fourth-order valence-electron chi connectivity index (χ4n) is 3.25. The molecule has 0 bridgehead atoms. The van der Waals surface area contributed by atoms with Gasteiger partial charge in [-0.25, -0.2) is 9.59 Å².